The van der Waals surface area contributed by atoms with E-state index in [0.717, 1.165) is 0 Å². The molecule has 0 bridgehead atoms. The van der Waals surface area contributed by atoms with E-state index >= 15 is 0 Å². The fourth-order valence-electron chi connectivity index (χ4n) is 1.32. The van der Waals surface area contributed by atoms with E-state index in [1.165, 1.54) is 0 Å². The predicted octanol–water partition coefficient (Wildman–Crippen LogP) is 1.29. The van der Waals surface area contributed by atoms with Gasteiger partial charge in [-0.1, -0.05) is 0 Å². The Balaban J connectivity index is -0.000000208. The molecule has 0 spiro atoms. The van der Waals surface area contributed by atoms with Gasteiger partial charge in [0.1, 0.15) is 18.3 Å². The van der Waals surface area contributed by atoms with Gasteiger partial charge in [0.15, 0.2) is 6.29 Å². The minimum atomic E-state index is -1.38. The SMILES string of the molecule is [Ac].[Ac].[Ac].[CH2-]C(OCC)OC1COC(O)C(O)C1O.[I][Co]([I])[I]. The van der Waals surface area contributed by atoms with Crippen LogP contribution < -0.4 is 0 Å². The van der Waals surface area contributed by atoms with Crippen molar-refractivity contribution in [1.29, 1.82) is 0 Å². The van der Waals surface area contributed by atoms with Crippen molar-refractivity contribution in [2.24, 2.45) is 0 Å². The van der Waals surface area contributed by atoms with Crippen LogP contribution in [0, 0.1) is 139 Å². The van der Waals surface area contributed by atoms with Crippen molar-refractivity contribution < 1.29 is 166 Å². The molecule has 5 unspecified atom stereocenters. The molecule has 1 heterocycles. The van der Waals surface area contributed by atoms with Gasteiger partial charge in [0, 0.05) is 145 Å². The van der Waals surface area contributed by atoms with Gasteiger partial charge in [-0.05, 0) is 6.92 Å². The molecule has 1 aliphatic heterocycles. The van der Waals surface area contributed by atoms with E-state index in [2.05, 4.69) is 68.2 Å². The third-order valence-corrected chi connectivity index (χ3v) is 2.13. The van der Waals surface area contributed by atoms with Gasteiger partial charge in [-0.15, -0.1) is 0 Å². The van der Waals surface area contributed by atoms with Gasteiger partial charge in [-0.2, -0.15) is 0 Å². The quantitative estimate of drug-likeness (QED) is 0.224. The summed E-state index contributed by atoms with van der Waals surface area (Å²) in [7, 11) is 0. The van der Waals surface area contributed by atoms with Crippen LogP contribution in [-0.2, 0) is 18.2 Å². The number of hydrogen-bond donors (Lipinski definition) is 3. The van der Waals surface area contributed by atoms with Crippen molar-refractivity contribution >= 4 is 61.2 Å². The third-order valence-electron chi connectivity index (χ3n) is 2.13. The van der Waals surface area contributed by atoms with Crippen molar-refractivity contribution in [3.05, 3.63) is 6.92 Å². The maximum atomic E-state index is 9.53. The Morgan fingerprint density at radius 3 is 2.05 bits per heavy atom. The summed E-state index contributed by atoms with van der Waals surface area (Å²) in [6.45, 7) is 5.75. The van der Waals surface area contributed by atoms with Gasteiger partial charge in [-0.3, -0.25) is 6.92 Å². The van der Waals surface area contributed by atoms with Gasteiger partial charge in [-0.25, -0.2) is 0 Å². The summed E-state index contributed by atoms with van der Waals surface area (Å²) in [5, 5.41) is 27.9. The van der Waals surface area contributed by atoms with E-state index in [4.69, 9.17) is 19.3 Å². The number of hydrogen-bond acceptors (Lipinski definition) is 6. The average Bonchev–Trinajstić information content (AvgIpc) is 2.30. The summed E-state index contributed by atoms with van der Waals surface area (Å²) in [6.07, 6.45) is -5.45. The zero-order chi connectivity index (χ0) is 15.0. The molecule has 129 valence electrons. The van der Waals surface area contributed by atoms with Crippen LogP contribution in [0.2, 0.25) is 0 Å². The van der Waals surface area contributed by atoms with Crippen molar-refractivity contribution in [1.82, 2.24) is 0 Å². The summed E-state index contributed by atoms with van der Waals surface area (Å²) in [5.41, 5.74) is 0. The van der Waals surface area contributed by atoms with E-state index in [9.17, 15) is 10.2 Å². The Hall–Kier alpha value is 6.78. The summed E-state index contributed by atoms with van der Waals surface area (Å²) in [4.78, 5) is 0. The Morgan fingerprint density at radius 1 is 1.18 bits per heavy atom. The van der Waals surface area contributed by atoms with Crippen LogP contribution in [-0.4, -0.2) is 59.4 Å². The van der Waals surface area contributed by atoms with E-state index in [-0.39, 0.29) is 139 Å². The van der Waals surface area contributed by atoms with Gasteiger partial charge >= 0.3 is 65.3 Å². The Labute approximate surface area is 277 Å². The summed E-state index contributed by atoms with van der Waals surface area (Å²) < 4.78 is 15.3. The Bertz CT molecular complexity index is 248. The Kier molecular flexibility index (Phi) is 36.9. The standard InChI is InChI=1S/C9H17O6.3Ac.Co.3HI/c1-3-13-5(2)15-6-4-14-9(12)8(11)7(6)10;;;;;;;/h5-12H,2-4H2,1H3;;;;;3*1H/q-1;;;;+3;;;/p-3. The predicted molar refractivity (Wildman–Crippen MR) is 91.7 cm³/mol. The van der Waals surface area contributed by atoms with Crippen LogP contribution in [0.25, 0.3) is 0 Å². The van der Waals surface area contributed by atoms with Crippen molar-refractivity contribution in [2.45, 2.75) is 37.8 Å². The zero-order valence-corrected chi connectivity index (χ0v) is 33.5. The monoisotopic (exact) mass is 1340 g/mol. The van der Waals surface area contributed by atoms with Gasteiger partial charge < -0.3 is 29.5 Å². The third kappa shape index (κ3) is 18.8. The van der Waals surface area contributed by atoms with Crippen LogP contribution >= 0.6 is 61.2 Å². The molecule has 5 atom stereocenters. The second kappa shape index (κ2) is 22.5. The number of rotatable bonds is 4. The average molecular weight is 1340 g/mol. The topological polar surface area (TPSA) is 88.4 Å². The van der Waals surface area contributed by atoms with Crippen LogP contribution in [0.15, 0.2) is 0 Å². The molecule has 0 amide bonds. The fourth-order valence-corrected chi connectivity index (χ4v) is 1.32. The van der Waals surface area contributed by atoms with Gasteiger partial charge in [0.2, 0.25) is 0 Å². The van der Waals surface area contributed by atoms with Crippen molar-refractivity contribution in [3.8, 4) is 0 Å². The normalized spacial score (nSPS) is 28.6. The number of ether oxygens (including phenoxy) is 3. The molecule has 0 aromatic rings. The molecular formula is C9H17Ac3CoI3O6-. The maximum absolute atomic E-state index is 9.53. The first-order valence-corrected chi connectivity index (χ1v) is 15.3. The molecule has 3 N–H and O–H groups in total. The van der Waals surface area contributed by atoms with Gasteiger partial charge in [0.25, 0.3) is 0 Å². The molecule has 0 aromatic carbocycles. The first-order valence-electron chi connectivity index (χ1n) is 5.20. The fraction of sp³-hybridized carbons (Fsp3) is 0.889. The summed E-state index contributed by atoms with van der Waals surface area (Å²) >= 11 is 7.14. The molecule has 0 saturated carbocycles. The van der Waals surface area contributed by atoms with E-state index < -0.39 is 30.9 Å². The van der Waals surface area contributed by atoms with Crippen LogP contribution in [0.4, 0.5) is 0 Å². The Morgan fingerprint density at radius 2 is 1.64 bits per heavy atom. The molecule has 22 heavy (non-hydrogen) atoms. The van der Waals surface area contributed by atoms with E-state index in [0.29, 0.717) is 10.6 Å². The minimum absolute atomic E-state index is 0. The molecule has 13 heteroatoms. The molecular weight excluding hydrogens is 1320 g/mol. The molecule has 0 aromatic heterocycles. The van der Waals surface area contributed by atoms with Gasteiger partial charge in [0.05, 0.1) is 6.61 Å². The molecule has 6 nitrogen and oxygen atoms in total. The number of halogens is 3. The summed E-state index contributed by atoms with van der Waals surface area (Å²) in [5.74, 6) is 0. The van der Waals surface area contributed by atoms with Crippen LogP contribution in [0.5, 0.6) is 0 Å². The first kappa shape index (κ1) is 36.2. The molecule has 1 rings (SSSR count). The second-order valence-electron chi connectivity index (χ2n) is 3.41. The number of aliphatic hydroxyl groups is 3. The molecule has 1 saturated heterocycles. The number of aliphatic hydroxyl groups excluding tert-OH is 3. The van der Waals surface area contributed by atoms with Crippen LogP contribution in [0.1, 0.15) is 6.92 Å². The van der Waals surface area contributed by atoms with Crippen LogP contribution in [0.3, 0.4) is 0 Å². The van der Waals surface area contributed by atoms with E-state index in [1.807, 2.05) is 0 Å². The second-order valence-corrected chi connectivity index (χ2v) is 29.8. The molecule has 1 aliphatic rings. The zero-order valence-electron chi connectivity index (χ0n) is 11.8. The molecule has 3 radical (unpaired) electrons. The van der Waals surface area contributed by atoms with Crippen molar-refractivity contribution in [2.75, 3.05) is 13.2 Å². The van der Waals surface area contributed by atoms with E-state index in [1.54, 1.807) is 6.92 Å². The molecule has 1 fully saturated rings. The van der Waals surface area contributed by atoms with Crippen molar-refractivity contribution in [3.63, 3.8) is 0 Å². The first-order chi connectivity index (χ1) is 8.79. The summed E-state index contributed by atoms with van der Waals surface area (Å²) in [6, 6.07) is 0. The molecule has 0 aliphatic carbocycles.